The summed E-state index contributed by atoms with van der Waals surface area (Å²) in [6.07, 6.45) is 9.21. The van der Waals surface area contributed by atoms with Gasteiger partial charge in [0.25, 0.3) is 0 Å². The number of hydrogen-bond donors (Lipinski definition) is 1. The van der Waals surface area contributed by atoms with Crippen LogP contribution < -0.4 is 5.32 Å². The summed E-state index contributed by atoms with van der Waals surface area (Å²) >= 11 is 0. The minimum absolute atomic E-state index is 0.757. The molecule has 0 aromatic rings. The van der Waals surface area contributed by atoms with Crippen molar-refractivity contribution < 1.29 is 4.74 Å². The zero-order chi connectivity index (χ0) is 11.6. The second-order valence-electron chi connectivity index (χ2n) is 5.07. The van der Waals surface area contributed by atoms with Crippen LogP contribution in [0, 0.1) is 5.92 Å². The molecular formula is C14H29NO. The molecule has 1 saturated heterocycles. The smallest absolute Gasteiger partial charge is 0.0468 e. The molecule has 0 spiro atoms. The Morgan fingerprint density at radius 2 is 1.88 bits per heavy atom. The molecule has 1 N–H and O–H groups in total. The first-order valence-electron chi connectivity index (χ1n) is 7.18. The summed E-state index contributed by atoms with van der Waals surface area (Å²) in [5.74, 6) is 0.927. The lowest BCUT2D eigenvalue weighted by Gasteiger charge is -2.25. The molecule has 0 bridgehead atoms. The van der Waals surface area contributed by atoms with E-state index in [0.717, 1.165) is 25.2 Å². The predicted octanol–water partition coefficient (Wildman–Crippen LogP) is 3.36. The summed E-state index contributed by atoms with van der Waals surface area (Å²) in [5, 5.41) is 3.68. The molecule has 1 rings (SSSR count). The molecule has 96 valence electrons. The molecule has 0 radical (unpaired) electrons. The maximum Gasteiger partial charge on any atom is 0.0468 e. The maximum absolute atomic E-state index is 5.40. The Labute approximate surface area is 101 Å². The van der Waals surface area contributed by atoms with E-state index >= 15 is 0 Å². The van der Waals surface area contributed by atoms with Gasteiger partial charge in [-0.2, -0.15) is 0 Å². The molecule has 1 aliphatic heterocycles. The average Bonchev–Trinajstić information content (AvgIpc) is 2.34. The van der Waals surface area contributed by atoms with Gasteiger partial charge in [0.2, 0.25) is 0 Å². The molecule has 0 aromatic carbocycles. The Kier molecular flexibility index (Phi) is 7.87. The monoisotopic (exact) mass is 227 g/mol. The van der Waals surface area contributed by atoms with Crippen molar-refractivity contribution >= 4 is 0 Å². The van der Waals surface area contributed by atoms with Crippen molar-refractivity contribution in [2.75, 3.05) is 19.8 Å². The van der Waals surface area contributed by atoms with Crippen LogP contribution in [0.25, 0.3) is 0 Å². The summed E-state index contributed by atoms with van der Waals surface area (Å²) in [5.41, 5.74) is 0. The summed E-state index contributed by atoms with van der Waals surface area (Å²) < 4.78 is 5.40. The van der Waals surface area contributed by atoms with E-state index < -0.39 is 0 Å². The molecule has 0 aliphatic carbocycles. The van der Waals surface area contributed by atoms with Crippen LogP contribution in [0.3, 0.4) is 0 Å². The molecule has 0 saturated carbocycles. The number of hydrogen-bond acceptors (Lipinski definition) is 2. The molecule has 1 atom stereocenters. The van der Waals surface area contributed by atoms with Gasteiger partial charge >= 0.3 is 0 Å². The van der Waals surface area contributed by atoms with Gasteiger partial charge in [0.05, 0.1) is 0 Å². The van der Waals surface area contributed by atoms with Crippen molar-refractivity contribution in [3.8, 4) is 0 Å². The molecule has 16 heavy (non-hydrogen) atoms. The molecule has 1 unspecified atom stereocenters. The van der Waals surface area contributed by atoms with Gasteiger partial charge in [-0.05, 0) is 51.0 Å². The van der Waals surface area contributed by atoms with Crippen LogP contribution >= 0.6 is 0 Å². The fraction of sp³-hybridized carbons (Fsp3) is 1.00. The summed E-state index contributed by atoms with van der Waals surface area (Å²) in [6, 6.07) is 0.757. The van der Waals surface area contributed by atoms with Gasteiger partial charge in [0.1, 0.15) is 0 Å². The van der Waals surface area contributed by atoms with Gasteiger partial charge < -0.3 is 10.1 Å². The molecule has 0 aromatic heterocycles. The highest BCUT2D eigenvalue weighted by Crippen LogP contribution is 2.21. The van der Waals surface area contributed by atoms with Crippen LogP contribution in [0.5, 0.6) is 0 Å². The first kappa shape index (κ1) is 14.0. The molecule has 1 aliphatic rings. The second kappa shape index (κ2) is 9.00. The van der Waals surface area contributed by atoms with Crippen molar-refractivity contribution in [1.29, 1.82) is 0 Å². The van der Waals surface area contributed by atoms with E-state index in [1.165, 1.54) is 51.5 Å². The average molecular weight is 227 g/mol. The van der Waals surface area contributed by atoms with Gasteiger partial charge in [-0.3, -0.25) is 0 Å². The second-order valence-corrected chi connectivity index (χ2v) is 5.07. The fourth-order valence-electron chi connectivity index (χ4n) is 2.52. The van der Waals surface area contributed by atoms with Gasteiger partial charge in [0.15, 0.2) is 0 Å². The third-order valence-electron chi connectivity index (χ3n) is 3.58. The van der Waals surface area contributed by atoms with Gasteiger partial charge in [0, 0.05) is 19.3 Å². The minimum atomic E-state index is 0.757. The lowest BCUT2D eigenvalue weighted by molar-refractivity contribution is 0.0623. The molecule has 1 heterocycles. The van der Waals surface area contributed by atoms with E-state index in [1.807, 2.05) is 0 Å². The standard InChI is InChI=1S/C14H29NO/c1-3-5-14(15-10-4-2)7-6-13-8-11-16-12-9-13/h13-15H,3-12H2,1-2H3. The number of rotatable bonds is 8. The van der Waals surface area contributed by atoms with Crippen molar-refractivity contribution in [2.24, 2.45) is 5.92 Å². The van der Waals surface area contributed by atoms with E-state index in [-0.39, 0.29) is 0 Å². The lowest BCUT2D eigenvalue weighted by Crippen LogP contribution is -2.30. The van der Waals surface area contributed by atoms with E-state index in [4.69, 9.17) is 4.74 Å². The Hall–Kier alpha value is -0.0800. The van der Waals surface area contributed by atoms with Crippen LogP contribution in [0.2, 0.25) is 0 Å². The number of ether oxygens (including phenoxy) is 1. The Morgan fingerprint density at radius 3 is 2.50 bits per heavy atom. The van der Waals surface area contributed by atoms with Crippen LogP contribution in [0.4, 0.5) is 0 Å². The Bertz CT molecular complexity index is 155. The summed E-state index contributed by atoms with van der Waals surface area (Å²) in [6.45, 7) is 7.69. The molecular weight excluding hydrogens is 198 g/mol. The fourth-order valence-corrected chi connectivity index (χ4v) is 2.52. The van der Waals surface area contributed by atoms with Crippen LogP contribution in [-0.2, 0) is 4.74 Å². The molecule has 0 amide bonds. The Morgan fingerprint density at radius 1 is 1.12 bits per heavy atom. The zero-order valence-corrected chi connectivity index (χ0v) is 11.1. The molecule has 2 nitrogen and oxygen atoms in total. The lowest BCUT2D eigenvalue weighted by atomic mass is 9.92. The van der Waals surface area contributed by atoms with Crippen LogP contribution in [-0.4, -0.2) is 25.8 Å². The first-order chi connectivity index (χ1) is 7.86. The zero-order valence-electron chi connectivity index (χ0n) is 11.1. The van der Waals surface area contributed by atoms with E-state index in [0.29, 0.717) is 0 Å². The Balaban J connectivity index is 2.14. The van der Waals surface area contributed by atoms with Gasteiger partial charge in [-0.1, -0.05) is 20.3 Å². The molecule has 1 fully saturated rings. The maximum atomic E-state index is 5.40. The highest BCUT2D eigenvalue weighted by molar-refractivity contribution is 4.70. The highest BCUT2D eigenvalue weighted by atomic mass is 16.5. The van der Waals surface area contributed by atoms with E-state index in [9.17, 15) is 0 Å². The predicted molar refractivity (Wildman–Crippen MR) is 69.8 cm³/mol. The van der Waals surface area contributed by atoms with Gasteiger partial charge in [-0.25, -0.2) is 0 Å². The van der Waals surface area contributed by atoms with E-state index in [2.05, 4.69) is 19.2 Å². The SMILES string of the molecule is CCCNC(CCC)CCC1CCOCC1. The van der Waals surface area contributed by atoms with Crippen molar-refractivity contribution in [3.63, 3.8) is 0 Å². The quantitative estimate of drug-likeness (QED) is 0.686. The number of nitrogens with one attached hydrogen (secondary N) is 1. The van der Waals surface area contributed by atoms with Gasteiger partial charge in [-0.15, -0.1) is 0 Å². The van der Waals surface area contributed by atoms with Crippen molar-refractivity contribution in [1.82, 2.24) is 5.32 Å². The normalized spacial score (nSPS) is 19.9. The van der Waals surface area contributed by atoms with Crippen LogP contribution in [0.15, 0.2) is 0 Å². The van der Waals surface area contributed by atoms with Crippen LogP contribution in [0.1, 0.15) is 58.8 Å². The molecule has 2 heteroatoms. The minimum Gasteiger partial charge on any atom is -0.381 e. The van der Waals surface area contributed by atoms with E-state index in [1.54, 1.807) is 0 Å². The third kappa shape index (κ3) is 5.86. The highest BCUT2D eigenvalue weighted by Gasteiger charge is 2.15. The summed E-state index contributed by atoms with van der Waals surface area (Å²) in [4.78, 5) is 0. The van der Waals surface area contributed by atoms with Crippen molar-refractivity contribution in [2.45, 2.75) is 64.8 Å². The summed E-state index contributed by atoms with van der Waals surface area (Å²) in [7, 11) is 0. The largest absolute Gasteiger partial charge is 0.381 e. The first-order valence-corrected chi connectivity index (χ1v) is 7.18. The van der Waals surface area contributed by atoms with Crippen molar-refractivity contribution in [3.05, 3.63) is 0 Å². The topological polar surface area (TPSA) is 21.3 Å². The third-order valence-corrected chi connectivity index (χ3v) is 3.58.